The van der Waals surface area contributed by atoms with E-state index in [1.165, 1.54) is 24.0 Å². The minimum absolute atomic E-state index is 0.0371. The molecule has 12 heteroatoms. The number of nitrogens with one attached hydrogen (secondary N) is 4. The van der Waals surface area contributed by atoms with Gasteiger partial charge in [0.05, 0.1) is 58.8 Å². The molecule has 2 aromatic carbocycles. The summed E-state index contributed by atoms with van der Waals surface area (Å²) in [6.07, 6.45) is 3.36. The lowest BCUT2D eigenvalue weighted by Crippen LogP contribution is -2.79. The van der Waals surface area contributed by atoms with Crippen LogP contribution in [0.25, 0.3) is 0 Å². The molecule has 2 aliphatic heterocycles. The SMILES string of the molecule is CS(=O)(=O)c1ccc(S(=O)(=O)CC(=O)[O-])cc1.c1cc(C2=[NH+]CCCN2)ccc1C1=[NH+]CCCN1. The Balaban J connectivity index is 0.000000196. The van der Waals surface area contributed by atoms with E-state index in [2.05, 4.69) is 44.9 Å². The maximum atomic E-state index is 11.4. The second-order valence-corrected chi connectivity index (χ2v) is 12.1. The summed E-state index contributed by atoms with van der Waals surface area (Å²) in [6.45, 7) is 4.24. The number of benzene rings is 2. The van der Waals surface area contributed by atoms with Gasteiger partial charge in [-0.05, 0) is 48.5 Å². The Morgan fingerprint density at radius 1 is 0.800 bits per heavy atom. The van der Waals surface area contributed by atoms with E-state index in [1.807, 2.05) is 0 Å². The molecule has 0 saturated heterocycles. The average Bonchev–Trinajstić information content (AvgIpc) is 2.84. The maximum absolute atomic E-state index is 11.4. The first-order valence-electron chi connectivity index (χ1n) is 11.1. The van der Waals surface area contributed by atoms with Crippen molar-refractivity contribution >= 4 is 37.3 Å². The summed E-state index contributed by atoms with van der Waals surface area (Å²) < 4.78 is 45.1. The van der Waals surface area contributed by atoms with Gasteiger partial charge in [0.25, 0.3) is 11.7 Å². The largest absolute Gasteiger partial charge is 0.549 e. The van der Waals surface area contributed by atoms with Gasteiger partial charge in [-0.3, -0.25) is 20.6 Å². The smallest absolute Gasteiger partial charge is 0.274 e. The van der Waals surface area contributed by atoms with Crippen LogP contribution in [0.5, 0.6) is 0 Å². The van der Waals surface area contributed by atoms with Gasteiger partial charge in [-0.1, -0.05) is 0 Å². The molecule has 0 radical (unpaired) electrons. The Labute approximate surface area is 205 Å². The van der Waals surface area contributed by atoms with Crippen molar-refractivity contribution in [2.75, 3.05) is 38.2 Å². The molecule has 188 valence electrons. The van der Waals surface area contributed by atoms with Crippen LogP contribution in [0.2, 0.25) is 0 Å². The number of carboxylic acids is 1. The summed E-state index contributed by atoms with van der Waals surface area (Å²) in [7, 11) is -7.39. The minimum atomic E-state index is -3.98. The van der Waals surface area contributed by atoms with Crippen LogP contribution >= 0.6 is 0 Å². The van der Waals surface area contributed by atoms with Gasteiger partial charge in [0.1, 0.15) is 0 Å². The average molecular weight is 522 g/mol. The predicted molar refractivity (Wildman–Crippen MR) is 128 cm³/mol. The van der Waals surface area contributed by atoms with Crippen LogP contribution in [-0.4, -0.2) is 72.7 Å². The second-order valence-electron chi connectivity index (χ2n) is 8.12. The van der Waals surface area contributed by atoms with Gasteiger partial charge >= 0.3 is 0 Å². The third kappa shape index (κ3) is 7.62. The zero-order valence-electron chi connectivity index (χ0n) is 19.3. The van der Waals surface area contributed by atoms with Crippen LogP contribution in [0, 0.1) is 0 Å². The van der Waals surface area contributed by atoms with Crippen molar-refractivity contribution in [1.29, 1.82) is 0 Å². The number of hydrogen-bond acceptors (Lipinski definition) is 8. The molecule has 0 unspecified atom stereocenters. The van der Waals surface area contributed by atoms with Crippen molar-refractivity contribution in [3.8, 4) is 0 Å². The lowest BCUT2D eigenvalue weighted by atomic mass is 10.1. The van der Waals surface area contributed by atoms with E-state index < -0.39 is 31.4 Å². The van der Waals surface area contributed by atoms with E-state index >= 15 is 0 Å². The van der Waals surface area contributed by atoms with Crippen LogP contribution in [0.4, 0.5) is 0 Å². The summed E-state index contributed by atoms with van der Waals surface area (Å²) in [5.74, 6) is -0.535. The number of carbonyl (C=O) groups is 1. The fourth-order valence-corrected chi connectivity index (χ4v) is 5.16. The Morgan fingerprint density at radius 3 is 1.57 bits per heavy atom. The van der Waals surface area contributed by atoms with Crippen molar-refractivity contribution in [3.05, 3.63) is 59.7 Å². The summed E-state index contributed by atoms with van der Waals surface area (Å²) in [6, 6.07) is 13.0. The molecule has 0 fully saturated rings. The number of amidine groups is 2. The third-order valence-electron chi connectivity index (χ3n) is 5.30. The molecule has 10 nitrogen and oxygen atoms in total. The van der Waals surface area contributed by atoms with Crippen molar-refractivity contribution < 1.29 is 36.7 Å². The van der Waals surface area contributed by atoms with Crippen molar-refractivity contribution in [2.24, 2.45) is 0 Å². The topological polar surface area (TPSA) is 160 Å². The first-order chi connectivity index (χ1) is 16.6. The molecule has 2 aromatic rings. The zero-order valence-corrected chi connectivity index (χ0v) is 21.0. The lowest BCUT2D eigenvalue weighted by Gasteiger charge is -2.10. The van der Waals surface area contributed by atoms with E-state index in [1.54, 1.807) is 0 Å². The van der Waals surface area contributed by atoms with E-state index in [9.17, 15) is 26.7 Å². The molecule has 0 atom stereocenters. The van der Waals surface area contributed by atoms with Crippen molar-refractivity contribution in [1.82, 2.24) is 10.6 Å². The van der Waals surface area contributed by atoms with Gasteiger partial charge < -0.3 is 9.90 Å². The Kier molecular flexibility index (Phi) is 8.62. The van der Waals surface area contributed by atoms with Gasteiger partial charge in [0.15, 0.2) is 19.7 Å². The standard InChI is InChI=1S/C14H18N4.C9H10O6S2/c1-7-15-13(16-8-1)11-3-5-12(6-4-11)14-17-9-2-10-18-14;1-16(12,13)7-2-4-8(5-3-7)17(14,15)6-9(10)11/h3-6H,1-2,7-10H2,(H,15,16)(H,17,18);2-5H,6H2,1H3,(H,10,11)/p+1. The highest BCUT2D eigenvalue weighted by Crippen LogP contribution is 2.15. The molecule has 4 N–H and O–H groups in total. The van der Waals surface area contributed by atoms with Crippen LogP contribution < -0.4 is 25.7 Å². The number of aliphatic carboxylic acids is 1. The van der Waals surface area contributed by atoms with Gasteiger partial charge in [-0.15, -0.1) is 0 Å². The van der Waals surface area contributed by atoms with E-state index in [0.717, 1.165) is 68.4 Å². The second kappa shape index (κ2) is 11.5. The van der Waals surface area contributed by atoms with E-state index in [0.29, 0.717) is 0 Å². The molecule has 2 aliphatic rings. The summed E-state index contributed by atoms with van der Waals surface area (Å²) in [4.78, 5) is 16.7. The van der Waals surface area contributed by atoms with Crippen LogP contribution in [0.3, 0.4) is 0 Å². The Hall–Kier alpha value is -3.25. The molecule has 0 amide bonds. The highest BCUT2D eigenvalue weighted by atomic mass is 32.2. The van der Waals surface area contributed by atoms with Gasteiger partial charge in [-0.2, -0.15) is 0 Å². The van der Waals surface area contributed by atoms with Crippen LogP contribution in [-0.2, 0) is 24.5 Å². The van der Waals surface area contributed by atoms with E-state index in [4.69, 9.17) is 0 Å². The van der Waals surface area contributed by atoms with Gasteiger partial charge in [-0.25, -0.2) is 16.8 Å². The normalized spacial score (nSPS) is 15.9. The first-order valence-corrected chi connectivity index (χ1v) is 14.6. The lowest BCUT2D eigenvalue weighted by molar-refractivity contribution is -0.464. The van der Waals surface area contributed by atoms with Gasteiger partial charge in [0, 0.05) is 19.1 Å². The van der Waals surface area contributed by atoms with Crippen LogP contribution in [0.15, 0.2) is 58.3 Å². The Morgan fingerprint density at radius 2 is 1.23 bits per heavy atom. The first kappa shape index (κ1) is 26.4. The van der Waals surface area contributed by atoms with Gasteiger partial charge in [0.2, 0.25) is 0 Å². The van der Waals surface area contributed by atoms with Crippen molar-refractivity contribution in [2.45, 2.75) is 22.6 Å². The molecule has 4 rings (SSSR count). The number of sulfone groups is 2. The third-order valence-corrected chi connectivity index (χ3v) is 8.03. The number of hydrogen-bond donors (Lipinski definition) is 4. The number of rotatable bonds is 6. The molecule has 0 aromatic heterocycles. The van der Waals surface area contributed by atoms with E-state index in [-0.39, 0.29) is 9.79 Å². The molecular weight excluding hydrogens is 492 g/mol. The number of carbonyl (C=O) groups excluding carboxylic acids is 1. The minimum Gasteiger partial charge on any atom is -0.549 e. The van der Waals surface area contributed by atoms with Crippen molar-refractivity contribution in [3.63, 3.8) is 0 Å². The fraction of sp³-hybridized carbons (Fsp3) is 0.348. The molecule has 0 bridgehead atoms. The molecular formula is C23H29N4O6S2+. The molecule has 0 spiro atoms. The zero-order chi connectivity index (χ0) is 25.5. The summed E-state index contributed by atoms with van der Waals surface area (Å²) >= 11 is 0. The summed E-state index contributed by atoms with van der Waals surface area (Å²) in [5.41, 5.74) is 2.46. The number of carboxylic acid groups (broad SMARTS) is 1. The highest BCUT2D eigenvalue weighted by Gasteiger charge is 2.17. The summed E-state index contributed by atoms with van der Waals surface area (Å²) in [5, 5.41) is 17.0. The quantitative estimate of drug-likeness (QED) is 0.299. The Bertz CT molecular complexity index is 1270. The highest BCUT2D eigenvalue weighted by molar-refractivity contribution is 7.92. The molecule has 2 heterocycles. The maximum Gasteiger partial charge on any atom is 0.274 e. The fourth-order valence-electron chi connectivity index (χ4n) is 3.50. The molecule has 35 heavy (non-hydrogen) atoms. The van der Waals surface area contributed by atoms with Crippen LogP contribution in [0.1, 0.15) is 24.0 Å². The monoisotopic (exact) mass is 521 g/mol. The molecule has 0 saturated carbocycles. The predicted octanol–water partition coefficient (Wildman–Crippen LogP) is -4.06. The molecule has 0 aliphatic carbocycles.